The summed E-state index contributed by atoms with van der Waals surface area (Å²) < 4.78 is 20.1. The van der Waals surface area contributed by atoms with E-state index in [2.05, 4.69) is 19.8 Å². The third kappa shape index (κ3) is 5.41. The van der Waals surface area contributed by atoms with E-state index in [0.29, 0.717) is 0 Å². The van der Waals surface area contributed by atoms with E-state index in [0.717, 1.165) is 0 Å². The zero-order valence-electron chi connectivity index (χ0n) is 13.5. The minimum Gasteiger partial charge on any atom is -0.790 e. The Morgan fingerprint density at radius 3 is 2.84 bits per heavy atom. The van der Waals surface area contributed by atoms with Crippen LogP contribution in [0.3, 0.4) is 0 Å². The van der Waals surface area contributed by atoms with Gasteiger partial charge in [-0.15, -0.1) is 0 Å². The van der Waals surface area contributed by atoms with Crippen LogP contribution in [0, 0.1) is 5.41 Å². The Balaban J connectivity index is 0.00000156. The third-order valence-electron chi connectivity index (χ3n) is 3.48. The zero-order chi connectivity index (χ0) is 16.8. The molecule has 128 valence electrons. The van der Waals surface area contributed by atoms with Gasteiger partial charge in [0.1, 0.15) is 12.3 Å². The number of ether oxygens (including phenoxy) is 1. The molecule has 2 radical (unpaired) electrons. The molecular formula is C10H12N5Na2O7P-2. The number of rotatable bonds is 4. The van der Waals surface area contributed by atoms with E-state index in [9.17, 15) is 24.3 Å². The second-order valence-electron chi connectivity index (χ2n) is 5.06. The van der Waals surface area contributed by atoms with E-state index in [1.165, 1.54) is 11.2 Å². The number of aliphatic imine (C=N–C) groups is 2. The molecule has 3 N–H and O–H groups in total. The first-order valence-corrected chi connectivity index (χ1v) is 8.00. The molecule has 0 spiro atoms. The summed E-state index contributed by atoms with van der Waals surface area (Å²) >= 11 is 0. The molecule has 4 atom stereocenters. The molecule has 0 saturated carbocycles. The molecule has 3 rings (SSSR count). The SMILES string of the molecule is N=C1N=C2C(N=CN2[C@H]2C[C@H](O)[C@@H](COP(=O)([O-])[O-])O2)C(=O)N1.[Na].[Na]. The minimum absolute atomic E-state index is 0. The molecule has 3 aliphatic heterocycles. The summed E-state index contributed by atoms with van der Waals surface area (Å²) in [5.41, 5.74) is 0. The van der Waals surface area contributed by atoms with Crippen LogP contribution in [0.5, 0.6) is 0 Å². The molecule has 1 fully saturated rings. The number of aliphatic hydroxyl groups is 1. The number of aliphatic hydroxyl groups excluding tert-OH is 1. The maximum absolute atomic E-state index is 11.7. The normalized spacial score (nSPS) is 31.0. The fourth-order valence-electron chi connectivity index (χ4n) is 2.46. The average molecular weight is 391 g/mol. The number of nitrogens with one attached hydrogen (secondary N) is 2. The van der Waals surface area contributed by atoms with E-state index >= 15 is 0 Å². The van der Waals surface area contributed by atoms with Crippen LogP contribution < -0.4 is 15.1 Å². The number of fused-ring (bicyclic) bond motifs is 1. The van der Waals surface area contributed by atoms with Crippen molar-refractivity contribution in [3.8, 4) is 0 Å². The van der Waals surface area contributed by atoms with Crippen molar-refractivity contribution >= 4 is 91.0 Å². The van der Waals surface area contributed by atoms with Crippen LogP contribution in [0.2, 0.25) is 0 Å². The first-order valence-electron chi connectivity index (χ1n) is 6.54. The minimum atomic E-state index is -5.17. The van der Waals surface area contributed by atoms with Gasteiger partial charge in [-0.05, 0) is 0 Å². The molecule has 25 heavy (non-hydrogen) atoms. The summed E-state index contributed by atoms with van der Waals surface area (Å²) in [5, 5.41) is 19.5. The van der Waals surface area contributed by atoms with Crippen LogP contribution in [0.4, 0.5) is 0 Å². The Morgan fingerprint density at radius 2 is 2.20 bits per heavy atom. The molecule has 0 aromatic rings. The van der Waals surface area contributed by atoms with Crippen LogP contribution >= 0.6 is 7.82 Å². The molecule has 0 aliphatic carbocycles. The molecule has 3 aliphatic rings. The maximum Gasteiger partial charge on any atom is 0.259 e. The van der Waals surface area contributed by atoms with Crippen molar-refractivity contribution in [2.24, 2.45) is 9.98 Å². The molecular weight excluding hydrogens is 379 g/mol. The standard InChI is InChI=1S/C10H14N5O7P.2Na/c11-10-13-8-7(9(17)14-10)12-3-15(8)6-1-4(16)5(22-6)2-21-23(18,19)20;;/h3-7,16H,1-2H2,(H2,11,14,17)(H2,18,19,20);;/p-2/t4-,5+,6+,7?;;/m0../s1. The number of hydrogen-bond acceptors (Lipinski definition) is 10. The largest absolute Gasteiger partial charge is 0.790 e. The fourth-order valence-corrected chi connectivity index (χ4v) is 2.79. The monoisotopic (exact) mass is 391 g/mol. The fraction of sp³-hybridized carbons (Fsp3) is 0.600. The van der Waals surface area contributed by atoms with Crippen LogP contribution in [0.15, 0.2) is 9.98 Å². The van der Waals surface area contributed by atoms with Crippen molar-refractivity contribution in [1.29, 1.82) is 5.41 Å². The predicted molar refractivity (Wildman–Crippen MR) is 81.8 cm³/mol. The summed E-state index contributed by atoms with van der Waals surface area (Å²) in [5.74, 6) is -0.666. The average Bonchev–Trinajstić information content (AvgIpc) is 2.99. The summed E-state index contributed by atoms with van der Waals surface area (Å²) in [7, 11) is -5.17. The summed E-state index contributed by atoms with van der Waals surface area (Å²) in [6, 6.07) is -0.899. The number of nitrogens with zero attached hydrogens (tertiary/aromatic N) is 3. The molecule has 1 saturated heterocycles. The number of amides is 1. The summed E-state index contributed by atoms with van der Waals surface area (Å²) in [6.07, 6.45) is -1.52. The van der Waals surface area contributed by atoms with Crippen molar-refractivity contribution in [2.45, 2.75) is 30.9 Å². The molecule has 1 amide bonds. The molecule has 12 nitrogen and oxygen atoms in total. The first-order chi connectivity index (χ1) is 10.7. The van der Waals surface area contributed by atoms with Crippen molar-refractivity contribution in [3.05, 3.63) is 0 Å². The predicted octanol–water partition coefficient (Wildman–Crippen LogP) is -4.28. The molecule has 15 heteroatoms. The van der Waals surface area contributed by atoms with E-state index < -0.39 is 44.8 Å². The first kappa shape index (κ1) is 23.3. The zero-order valence-corrected chi connectivity index (χ0v) is 18.4. The van der Waals surface area contributed by atoms with E-state index in [1.54, 1.807) is 0 Å². The topological polar surface area (TPSA) is 183 Å². The Hall–Kier alpha value is 0.310. The number of hydrogen-bond donors (Lipinski definition) is 3. The Bertz CT molecular complexity index is 656. The van der Waals surface area contributed by atoms with Gasteiger partial charge >= 0.3 is 0 Å². The van der Waals surface area contributed by atoms with Crippen molar-refractivity contribution < 1.29 is 33.5 Å². The van der Waals surface area contributed by atoms with Gasteiger partial charge in [0.2, 0.25) is 5.96 Å². The number of guanidine groups is 1. The van der Waals surface area contributed by atoms with Gasteiger partial charge in [-0.1, -0.05) is 0 Å². The Kier molecular flexibility index (Phi) is 8.41. The molecule has 0 aromatic carbocycles. The van der Waals surface area contributed by atoms with Crippen LogP contribution in [-0.4, -0.2) is 124 Å². The van der Waals surface area contributed by atoms with Crippen LogP contribution in [0.1, 0.15) is 6.42 Å². The smallest absolute Gasteiger partial charge is 0.259 e. The number of carbonyl (C=O) groups is 1. The van der Waals surface area contributed by atoms with Gasteiger partial charge in [-0.25, -0.2) is 0 Å². The maximum atomic E-state index is 11.7. The van der Waals surface area contributed by atoms with Crippen molar-refractivity contribution in [3.63, 3.8) is 0 Å². The number of phosphoric ester groups is 1. The third-order valence-corrected chi connectivity index (χ3v) is 3.94. The second kappa shape index (κ2) is 9.00. The number of phosphoric acid groups is 1. The summed E-state index contributed by atoms with van der Waals surface area (Å²) in [4.78, 5) is 41.9. The van der Waals surface area contributed by atoms with Gasteiger partial charge in [0, 0.05) is 65.5 Å². The quantitative estimate of drug-likeness (QED) is 0.318. The van der Waals surface area contributed by atoms with Crippen LogP contribution in [0.25, 0.3) is 0 Å². The van der Waals surface area contributed by atoms with Gasteiger partial charge < -0.3 is 28.7 Å². The van der Waals surface area contributed by atoms with Crippen LogP contribution in [-0.2, 0) is 18.6 Å². The Morgan fingerprint density at radius 1 is 1.52 bits per heavy atom. The molecule has 1 unspecified atom stereocenters. The molecule has 0 bridgehead atoms. The van der Waals surface area contributed by atoms with Gasteiger partial charge in [-0.2, -0.15) is 4.99 Å². The number of amidine groups is 1. The van der Waals surface area contributed by atoms with Gasteiger partial charge in [0.25, 0.3) is 5.91 Å². The number of carbonyl (C=O) groups excluding carboxylic acids is 1. The van der Waals surface area contributed by atoms with Crippen molar-refractivity contribution in [2.75, 3.05) is 6.61 Å². The molecule has 0 aromatic heterocycles. The van der Waals surface area contributed by atoms with Crippen molar-refractivity contribution in [1.82, 2.24) is 10.2 Å². The van der Waals surface area contributed by atoms with Gasteiger partial charge in [0.15, 0.2) is 11.9 Å². The molecule has 3 heterocycles. The second-order valence-corrected chi connectivity index (χ2v) is 6.21. The van der Waals surface area contributed by atoms with E-state index in [4.69, 9.17) is 10.1 Å². The van der Waals surface area contributed by atoms with Gasteiger partial charge in [0.05, 0.1) is 26.9 Å². The Labute approximate surface area is 186 Å². The summed E-state index contributed by atoms with van der Waals surface area (Å²) in [6.45, 7) is -0.612. The van der Waals surface area contributed by atoms with E-state index in [-0.39, 0.29) is 77.3 Å². The van der Waals surface area contributed by atoms with E-state index in [1.807, 2.05) is 0 Å². The van der Waals surface area contributed by atoms with Gasteiger partial charge in [-0.3, -0.25) is 25.4 Å².